The van der Waals surface area contributed by atoms with Crippen molar-refractivity contribution in [1.82, 2.24) is 0 Å². The number of nitrogens with zero attached hydrogens (tertiary/aromatic N) is 1. The van der Waals surface area contributed by atoms with E-state index in [1.165, 1.54) is 18.2 Å². The zero-order valence-corrected chi connectivity index (χ0v) is 9.82. The number of hydrogen-bond donors (Lipinski definition) is 1. The van der Waals surface area contributed by atoms with Crippen molar-refractivity contribution in [3.05, 3.63) is 65.7 Å². The third-order valence-electron chi connectivity index (χ3n) is 2.46. The molecule has 4 heteroatoms. The van der Waals surface area contributed by atoms with Crippen LogP contribution in [0.5, 0.6) is 0 Å². The monoisotopic (exact) mass is 246 g/mol. The topological polar surface area (TPSA) is 24.4 Å². The van der Waals surface area contributed by atoms with Crippen molar-refractivity contribution in [2.24, 2.45) is 5.10 Å². The lowest BCUT2D eigenvalue weighted by Gasteiger charge is -2.04. The van der Waals surface area contributed by atoms with E-state index in [1.54, 1.807) is 37.3 Å². The average molecular weight is 246 g/mol. The number of rotatable bonds is 3. The van der Waals surface area contributed by atoms with Gasteiger partial charge in [0.1, 0.15) is 11.6 Å². The molecule has 0 bridgehead atoms. The van der Waals surface area contributed by atoms with Crippen LogP contribution in [-0.4, -0.2) is 5.71 Å². The summed E-state index contributed by atoms with van der Waals surface area (Å²) in [6.07, 6.45) is 0. The number of nitrogens with one attached hydrogen (secondary N) is 1. The first kappa shape index (κ1) is 12.2. The zero-order chi connectivity index (χ0) is 13.0. The van der Waals surface area contributed by atoms with Crippen LogP contribution in [0.2, 0.25) is 0 Å². The fourth-order valence-corrected chi connectivity index (χ4v) is 1.49. The third kappa shape index (κ3) is 2.91. The number of hydrogen-bond acceptors (Lipinski definition) is 2. The molecule has 2 aromatic rings. The van der Waals surface area contributed by atoms with Gasteiger partial charge in [0.05, 0.1) is 11.4 Å². The summed E-state index contributed by atoms with van der Waals surface area (Å²) in [6.45, 7) is 1.70. The molecule has 0 saturated carbocycles. The van der Waals surface area contributed by atoms with E-state index in [4.69, 9.17) is 0 Å². The van der Waals surface area contributed by atoms with Crippen LogP contribution in [0, 0.1) is 11.6 Å². The summed E-state index contributed by atoms with van der Waals surface area (Å²) in [7, 11) is 0. The van der Waals surface area contributed by atoms with Gasteiger partial charge in [-0.3, -0.25) is 5.43 Å². The summed E-state index contributed by atoms with van der Waals surface area (Å²) in [6, 6.07) is 12.2. The van der Waals surface area contributed by atoms with Gasteiger partial charge in [-0.2, -0.15) is 5.10 Å². The van der Waals surface area contributed by atoms with Gasteiger partial charge in [0.25, 0.3) is 0 Å². The van der Waals surface area contributed by atoms with Crippen LogP contribution in [-0.2, 0) is 0 Å². The number of halogens is 2. The lowest BCUT2D eigenvalue weighted by atomic mass is 10.1. The Bertz CT molecular complexity index is 562. The molecule has 0 unspecified atom stereocenters. The molecule has 0 aliphatic carbocycles. The molecule has 0 saturated heterocycles. The van der Waals surface area contributed by atoms with Gasteiger partial charge < -0.3 is 0 Å². The molecule has 0 atom stereocenters. The second-order valence-corrected chi connectivity index (χ2v) is 3.80. The zero-order valence-electron chi connectivity index (χ0n) is 9.82. The van der Waals surface area contributed by atoms with E-state index in [2.05, 4.69) is 10.5 Å². The van der Waals surface area contributed by atoms with Crippen LogP contribution in [0.1, 0.15) is 12.5 Å². The SMILES string of the molecule is C/C(=N/Nc1ccc(F)cc1)c1ccccc1F. The minimum atomic E-state index is -0.320. The summed E-state index contributed by atoms with van der Waals surface area (Å²) in [4.78, 5) is 0. The molecule has 0 amide bonds. The molecule has 2 aromatic carbocycles. The highest BCUT2D eigenvalue weighted by Gasteiger charge is 2.03. The van der Waals surface area contributed by atoms with Crippen LogP contribution in [0.25, 0.3) is 0 Å². The van der Waals surface area contributed by atoms with Crippen LogP contribution < -0.4 is 5.43 Å². The van der Waals surface area contributed by atoms with Crippen molar-refractivity contribution in [3.63, 3.8) is 0 Å². The molecule has 0 aromatic heterocycles. The minimum absolute atomic E-state index is 0.310. The molecule has 0 aliphatic rings. The number of anilines is 1. The first-order valence-electron chi connectivity index (χ1n) is 5.47. The molecule has 18 heavy (non-hydrogen) atoms. The van der Waals surface area contributed by atoms with Crippen molar-refractivity contribution in [3.8, 4) is 0 Å². The molecule has 0 fully saturated rings. The van der Waals surface area contributed by atoms with E-state index < -0.39 is 0 Å². The fourth-order valence-electron chi connectivity index (χ4n) is 1.49. The van der Waals surface area contributed by atoms with Crippen molar-refractivity contribution in [2.45, 2.75) is 6.92 Å². The second kappa shape index (κ2) is 5.40. The Morgan fingerprint density at radius 3 is 2.33 bits per heavy atom. The maximum Gasteiger partial charge on any atom is 0.132 e. The first-order valence-corrected chi connectivity index (χ1v) is 5.47. The molecule has 1 N–H and O–H groups in total. The van der Waals surface area contributed by atoms with Crippen molar-refractivity contribution in [2.75, 3.05) is 5.43 Å². The molecular weight excluding hydrogens is 234 g/mol. The van der Waals surface area contributed by atoms with E-state index >= 15 is 0 Å². The lowest BCUT2D eigenvalue weighted by molar-refractivity contribution is 0.625. The average Bonchev–Trinajstić information content (AvgIpc) is 2.38. The Hall–Kier alpha value is -2.23. The summed E-state index contributed by atoms with van der Waals surface area (Å²) in [5.74, 6) is -0.630. The van der Waals surface area contributed by atoms with Gasteiger partial charge >= 0.3 is 0 Å². The second-order valence-electron chi connectivity index (χ2n) is 3.80. The summed E-state index contributed by atoms with van der Waals surface area (Å²) in [5, 5.41) is 4.06. The Kier molecular flexibility index (Phi) is 3.67. The van der Waals surface area contributed by atoms with Gasteiger partial charge in [0.2, 0.25) is 0 Å². The largest absolute Gasteiger partial charge is 0.278 e. The summed E-state index contributed by atoms with van der Waals surface area (Å²) in [5.41, 5.74) is 4.36. The standard InChI is InChI=1S/C14H12F2N2/c1-10(13-4-2-3-5-14(13)16)17-18-12-8-6-11(15)7-9-12/h2-9,18H,1H3/b17-10-. The predicted octanol–water partition coefficient (Wildman–Crippen LogP) is 3.80. The summed E-state index contributed by atoms with van der Waals surface area (Å²) < 4.78 is 26.2. The van der Waals surface area contributed by atoms with Gasteiger partial charge in [-0.15, -0.1) is 0 Å². The Morgan fingerprint density at radius 2 is 1.67 bits per heavy atom. The minimum Gasteiger partial charge on any atom is -0.278 e. The van der Waals surface area contributed by atoms with Crippen molar-refractivity contribution in [1.29, 1.82) is 0 Å². The van der Waals surface area contributed by atoms with Crippen LogP contribution in [0.4, 0.5) is 14.5 Å². The quantitative estimate of drug-likeness (QED) is 0.646. The van der Waals surface area contributed by atoms with E-state index in [0.29, 0.717) is 17.0 Å². The third-order valence-corrected chi connectivity index (χ3v) is 2.46. The highest BCUT2D eigenvalue weighted by Crippen LogP contribution is 2.11. The highest BCUT2D eigenvalue weighted by molar-refractivity contribution is 5.99. The van der Waals surface area contributed by atoms with Crippen LogP contribution in [0.3, 0.4) is 0 Å². The normalized spacial score (nSPS) is 11.4. The predicted molar refractivity (Wildman–Crippen MR) is 68.6 cm³/mol. The number of benzene rings is 2. The van der Waals surface area contributed by atoms with E-state index in [1.807, 2.05) is 0 Å². The molecule has 0 aliphatic heterocycles. The van der Waals surface area contributed by atoms with Gasteiger partial charge in [0, 0.05) is 5.56 Å². The van der Waals surface area contributed by atoms with Gasteiger partial charge in [-0.05, 0) is 37.3 Å². The van der Waals surface area contributed by atoms with Gasteiger partial charge in [0.15, 0.2) is 0 Å². The van der Waals surface area contributed by atoms with Gasteiger partial charge in [-0.1, -0.05) is 18.2 Å². The van der Waals surface area contributed by atoms with Crippen LogP contribution in [0.15, 0.2) is 53.6 Å². The summed E-state index contributed by atoms with van der Waals surface area (Å²) >= 11 is 0. The molecule has 92 valence electrons. The maximum atomic E-state index is 13.5. The lowest BCUT2D eigenvalue weighted by Crippen LogP contribution is -2.02. The van der Waals surface area contributed by atoms with Crippen molar-refractivity contribution < 1.29 is 8.78 Å². The van der Waals surface area contributed by atoms with Crippen molar-refractivity contribution >= 4 is 11.4 Å². The molecule has 2 rings (SSSR count). The Balaban J connectivity index is 2.14. The van der Waals surface area contributed by atoms with E-state index in [0.717, 1.165) is 0 Å². The van der Waals surface area contributed by atoms with Crippen LogP contribution >= 0.6 is 0 Å². The van der Waals surface area contributed by atoms with E-state index in [9.17, 15) is 8.78 Å². The fraction of sp³-hybridized carbons (Fsp3) is 0.0714. The smallest absolute Gasteiger partial charge is 0.132 e. The van der Waals surface area contributed by atoms with E-state index in [-0.39, 0.29) is 11.6 Å². The Morgan fingerprint density at radius 1 is 1.00 bits per heavy atom. The molecular formula is C14H12F2N2. The maximum absolute atomic E-state index is 13.5. The number of hydrazone groups is 1. The molecule has 0 spiro atoms. The Labute approximate surface area is 104 Å². The first-order chi connectivity index (χ1) is 8.66. The van der Waals surface area contributed by atoms with Gasteiger partial charge in [-0.25, -0.2) is 8.78 Å². The molecule has 0 heterocycles. The molecule has 0 radical (unpaired) electrons. The highest BCUT2D eigenvalue weighted by atomic mass is 19.1. The molecule has 2 nitrogen and oxygen atoms in total.